The minimum absolute atomic E-state index is 0.176. The Morgan fingerprint density at radius 1 is 1.04 bits per heavy atom. The highest BCUT2D eigenvalue weighted by molar-refractivity contribution is 5.93. The monoisotopic (exact) mass is 370 g/mol. The summed E-state index contributed by atoms with van der Waals surface area (Å²) >= 11 is 0. The zero-order valence-electron chi connectivity index (χ0n) is 15.0. The highest BCUT2D eigenvalue weighted by atomic mass is 16.5. The Kier molecular flexibility index (Phi) is 7.87. The van der Waals surface area contributed by atoms with Crippen LogP contribution in [0.25, 0.3) is 6.08 Å². The number of ether oxygens (including phenoxy) is 2. The molecule has 142 valence electrons. The van der Waals surface area contributed by atoms with E-state index in [1.807, 2.05) is 24.3 Å². The first-order valence-corrected chi connectivity index (χ1v) is 8.39. The second kappa shape index (κ2) is 10.6. The van der Waals surface area contributed by atoms with Crippen molar-refractivity contribution in [1.82, 2.24) is 10.8 Å². The number of rotatable bonds is 9. The van der Waals surface area contributed by atoms with Gasteiger partial charge in [0.2, 0.25) is 5.91 Å². The summed E-state index contributed by atoms with van der Waals surface area (Å²) < 4.78 is 10.6. The average Bonchev–Trinajstić information content (AvgIpc) is 2.72. The lowest BCUT2D eigenvalue weighted by atomic mass is 10.2. The number of hydrogen-bond acceptors (Lipinski definition) is 5. The fraction of sp³-hybridized carbons (Fsp3) is 0.200. The van der Waals surface area contributed by atoms with Crippen LogP contribution in [-0.2, 0) is 4.79 Å². The second-order valence-electron chi connectivity index (χ2n) is 5.56. The molecule has 7 heteroatoms. The summed E-state index contributed by atoms with van der Waals surface area (Å²) in [7, 11) is 1.60. The van der Waals surface area contributed by atoms with Gasteiger partial charge in [-0.15, -0.1) is 0 Å². The normalized spacial score (nSPS) is 10.4. The van der Waals surface area contributed by atoms with Crippen molar-refractivity contribution in [2.24, 2.45) is 0 Å². The van der Waals surface area contributed by atoms with Gasteiger partial charge in [0.15, 0.2) is 0 Å². The second-order valence-corrected chi connectivity index (χ2v) is 5.56. The Balaban J connectivity index is 1.65. The van der Waals surface area contributed by atoms with Crippen molar-refractivity contribution >= 4 is 17.9 Å². The van der Waals surface area contributed by atoms with Crippen LogP contribution in [0.3, 0.4) is 0 Å². The van der Waals surface area contributed by atoms with Gasteiger partial charge in [-0.3, -0.25) is 14.8 Å². The molecule has 0 aliphatic carbocycles. The Hall–Kier alpha value is -3.32. The van der Waals surface area contributed by atoms with Gasteiger partial charge < -0.3 is 14.8 Å². The molecule has 0 saturated heterocycles. The molecule has 0 fully saturated rings. The standard InChI is InChI=1S/C20H22N2O5/c1-26-17-8-3-15(4-9-17)5-12-19(23)21-13-2-14-27-18-10-6-16(7-11-18)20(24)22-25/h3-12,25H,2,13-14H2,1H3,(H,21,23)(H,22,24). The van der Waals surface area contributed by atoms with E-state index in [9.17, 15) is 9.59 Å². The van der Waals surface area contributed by atoms with Crippen molar-refractivity contribution in [2.45, 2.75) is 6.42 Å². The first-order valence-electron chi connectivity index (χ1n) is 8.39. The van der Waals surface area contributed by atoms with Gasteiger partial charge in [-0.25, -0.2) is 5.48 Å². The van der Waals surface area contributed by atoms with Crippen LogP contribution < -0.4 is 20.3 Å². The van der Waals surface area contributed by atoms with E-state index < -0.39 is 5.91 Å². The molecule has 0 heterocycles. The molecular formula is C20H22N2O5. The van der Waals surface area contributed by atoms with Crippen molar-refractivity contribution in [3.63, 3.8) is 0 Å². The number of carbonyl (C=O) groups excluding carboxylic acids is 2. The van der Waals surface area contributed by atoms with Crippen LogP contribution in [0.15, 0.2) is 54.6 Å². The minimum atomic E-state index is -0.577. The number of methoxy groups -OCH3 is 1. The smallest absolute Gasteiger partial charge is 0.274 e. The van der Waals surface area contributed by atoms with Crippen molar-refractivity contribution in [2.75, 3.05) is 20.3 Å². The van der Waals surface area contributed by atoms with Gasteiger partial charge in [-0.05, 0) is 54.5 Å². The molecule has 0 atom stereocenters. The van der Waals surface area contributed by atoms with Crippen molar-refractivity contribution in [1.29, 1.82) is 0 Å². The molecule has 2 rings (SSSR count). The van der Waals surface area contributed by atoms with Gasteiger partial charge >= 0.3 is 0 Å². The first kappa shape index (κ1) is 20.0. The van der Waals surface area contributed by atoms with Gasteiger partial charge in [0, 0.05) is 18.2 Å². The van der Waals surface area contributed by atoms with E-state index in [4.69, 9.17) is 14.7 Å². The predicted molar refractivity (Wildman–Crippen MR) is 101 cm³/mol. The quantitative estimate of drug-likeness (QED) is 0.273. The zero-order chi connectivity index (χ0) is 19.5. The Bertz CT molecular complexity index is 770. The van der Waals surface area contributed by atoms with Crippen LogP contribution in [0.2, 0.25) is 0 Å². The summed E-state index contributed by atoms with van der Waals surface area (Å²) in [5.74, 6) is 0.621. The van der Waals surface area contributed by atoms with Crippen LogP contribution in [0.1, 0.15) is 22.3 Å². The van der Waals surface area contributed by atoms with Gasteiger partial charge in [0.05, 0.1) is 13.7 Å². The Labute approximate surface area is 157 Å². The molecule has 0 saturated carbocycles. The van der Waals surface area contributed by atoms with Gasteiger partial charge in [0.25, 0.3) is 5.91 Å². The maximum absolute atomic E-state index is 11.8. The van der Waals surface area contributed by atoms with E-state index in [2.05, 4.69) is 5.32 Å². The summed E-state index contributed by atoms with van der Waals surface area (Å²) in [4.78, 5) is 23.0. The molecule has 0 unspecified atom stereocenters. The van der Waals surface area contributed by atoms with E-state index in [0.717, 1.165) is 11.3 Å². The first-order chi connectivity index (χ1) is 13.1. The molecule has 2 aromatic rings. The number of benzene rings is 2. The van der Waals surface area contributed by atoms with Crippen molar-refractivity contribution in [3.05, 3.63) is 65.7 Å². The third-order valence-corrected chi connectivity index (χ3v) is 3.65. The van der Waals surface area contributed by atoms with Crippen LogP contribution in [0, 0.1) is 0 Å². The molecule has 7 nitrogen and oxygen atoms in total. The Morgan fingerprint density at radius 3 is 2.33 bits per heavy atom. The van der Waals surface area contributed by atoms with Crippen LogP contribution in [0.4, 0.5) is 0 Å². The SMILES string of the molecule is COc1ccc(C=CC(=O)NCCCOc2ccc(C(=O)NO)cc2)cc1. The lowest BCUT2D eigenvalue weighted by Gasteiger charge is -2.07. The maximum Gasteiger partial charge on any atom is 0.274 e. The highest BCUT2D eigenvalue weighted by Gasteiger charge is 2.03. The van der Waals surface area contributed by atoms with Crippen molar-refractivity contribution < 1.29 is 24.3 Å². The molecule has 0 spiro atoms. The lowest BCUT2D eigenvalue weighted by molar-refractivity contribution is -0.116. The molecule has 0 aromatic heterocycles. The summed E-state index contributed by atoms with van der Waals surface area (Å²) in [6.07, 6.45) is 3.85. The molecule has 0 aliphatic rings. The van der Waals surface area contributed by atoms with E-state index in [1.54, 1.807) is 42.9 Å². The molecule has 0 bridgehead atoms. The summed E-state index contributed by atoms with van der Waals surface area (Å²) in [6.45, 7) is 0.908. The fourth-order valence-electron chi connectivity index (χ4n) is 2.19. The molecule has 0 aliphatic heterocycles. The number of hydroxylamine groups is 1. The minimum Gasteiger partial charge on any atom is -0.497 e. The van der Waals surface area contributed by atoms with E-state index in [1.165, 1.54) is 6.08 Å². The highest BCUT2D eigenvalue weighted by Crippen LogP contribution is 2.13. The zero-order valence-corrected chi connectivity index (χ0v) is 15.0. The molecule has 2 aromatic carbocycles. The fourth-order valence-corrected chi connectivity index (χ4v) is 2.19. The third-order valence-electron chi connectivity index (χ3n) is 3.65. The summed E-state index contributed by atoms with van der Waals surface area (Å²) in [5.41, 5.74) is 2.81. The van der Waals surface area contributed by atoms with Gasteiger partial charge in [0.1, 0.15) is 11.5 Å². The molecule has 2 amide bonds. The predicted octanol–water partition coefficient (Wildman–Crippen LogP) is 2.41. The average molecular weight is 370 g/mol. The molecule has 0 radical (unpaired) electrons. The lowest BCUT2D eigenvalue weighted by Crippen LogP contribution is -2.23. The van der Waals surface area contributed by atoms with E-state index in [-0.39, 0.29) is 5.91 Å². The van der Waals surface area contributed by atoms with Crippen LogP contribution in [-0.4, -0.2) is 37.3 Å². The molecule has 27 heavy (non-hydrogen) atoms. The van der Waals surface area contributed by atoms with Crippen LogP contribution in [0.5, 0.6) is 11.5 Å². The number of amides is 2. The number of nitrogens with one attached hydrogen (secondary N) is 2. The third kappa shape index (κ3) is 6.83. The number of hydrogen-bond donors (Lipinski definition) is 3. The van der Waals surface area contributed by atoms with Crippen molar-refractivity contribution in [3.8, 4) is 11.5 Å². The van der Waals surface area contributed by atoms with Gasteiger partial charge in [-0.2, -0.15) is 0 Å². The number of carbonyl (C=O) groups is 2. The van der Waals surface area contributed by atoms with Gasteiger partial charge in [-0.1, -0.05) is 12.1 Å². The largest absolute Gasteiger partial charge is 0.497 e. The Morgan fingerprint density at radius 2 is 1.70 bits per heavy atom. The molecular weight excluding hydrogens is 348 g/mol. The maximum atomic E-state index is 11.8. The van der Waals surface area contributed by atoms with E-state index >= 15 is 0 Å². The van der Waals surface area contributed by atoms with Crippen LogP contribution >= 0.6 is 0 Å². The van der Waals surface area contributed by atoms with E-state index in [0.29, 0.717) is 30.9 Å². The summed E-state index contributed by atoms with van der Waals surface area (Å²) in [5, 5.41) is 11.3. The molecule has 3 N–H and O–H groups in total. The summed E-state index contributed by atoms with van der Waals surface area (Å²) in [6, 6.07) is 13.8. The topological polar surface area (TPSA) is 96.9 Å².